The Balaban J connectivity index is 2.08. The fourth-order valence-electron chi connectivity index (χ4n) is 1.93. The molecule has 1 aliphatic rings. The molecule has 1 aliphatic heterocycles. The summed E-state index contributed by atoms with van der Waals surface area (Å²) >= 11 is 0. The zero-order valence-electron chi connectivity index (χ0n) is 8.93. The number of aliphatic hydroxyl groups is 1. The third-order valence-electron chi connectivity index (χ3n) is 2.95. The minimum atomic E-state index is -0.171. The third kappa shape index (κ3) is 2.21. The minimum Gasteiger partial charge on any atom is -0.397 e. The van der Waals surface area contributed by atoms with Gasteiger partial charge in [-0.15, -0.1) is 0 Å². The molecule has 2 rings (SSSR count). The van der Waals surface area contributed by atoms with E-state index in [9.17, 15) is 5.11 Å². The van der Waals surface area contributed by atoms with Gasteiger partial charge in [0, 0.05) is 13.1 Å². The highest BCUT2D eigenvalue weighted by Gasteiger charge is 2.24. The van der Waals surface area contributed by atoms with Gasteiger partial charge in [-0.1, -0.05) is 6.92 Å². The number of piperidine rings is 1. The maximum atomic E-state index is 9.62. The molecule has 4 heteroatoms. The van der Waals surface area contributed by atoms with E-state index in [0.717, 1.165) is 25.3 Å². The van der Waals surface area contributed by atoms with Gasteiger partial charge < -0.3 is 15.7 Å². The lowest BCUT2D eigenvalue weighted by molar-refractivity contribution is 0.0969. The Bertz CT molecular complexity index is 325. The summed E-state index contributed by atoms with van der Waals surface area (Å²) in [6, 6.07) is 3.79. The summed E-state index contributed by atoms with van der Waals surface area (Å²) in [6.07, 6.45) is 2.31. The summed E-state index contributed by atoms with van der Waals surface area (Å²) in [6.45, 7) is 3.79. The molecule has 0 aliphatic carbocycles. The molecule has 2 heterocycles. The molecule has 0 aromatic carbocycles. The van der Waals surface area contributed by atoms with Crippen molar-refractivity contribution >= 4 is 11.5 Å². The van der Waals surface area contributed by atoms with Gasteiger partial charge in [0.05, 0.1) is 18.0 Å². The molecular weight excluding hydrogens is 190 g/mol. The van der Waals surface area contributed by atoms with E-state index < -0.39 is 0 Å². The molecule has 1 saturated heterocycles. The van der Waals surface area contributed by atoms with Crippen LogP contribution in [0.2, 0.25) is 0 Å². The summed E-state index contributed by atoms with van der Waals surface area (Å²) < 4.78 is 0. The van der Waals surface area contributed by atoms with Crippen LogP contribution in [0.25, 0.3) is 0 Å². The van der Waals surface area contributed by atoms with Gasteiger partial charge in [-0.25, -0.2) is 4.98 Å². The van der Waals surface area contributed by atoms with Crippen LogP contribution in [0.3, 0.4) is 0 Å². The van der Waals surface area contributed by atoms with Crippen molar-refractivity contribution in [2.75, 3.05) is 23.7 Å². The zero-order valence-corrected chi connectivity index (χ0v) is 8.93. The maximum Gasteiger partial charge on any atom is 0.128 e. The lowest BCUT2D eigenvalue weighted by Crippen LogP contribution is -2.42. The number of nitrogen functional groups attached to an aromatic ring is 1. The molecule has 4 nitrogen and oxygen atoms in total. The number of pyridine rings is 1. The number of hydrogen-bond acceptors (Lipinski definition) is 4. The zero-order chi connectivity index (χ0) is 10.8. The Kier molecular flexibility index (Phi) is 2.77. The highest BCUT2D eigenvalue weighted by molar-refractivity contribution is 5.46. The summed E-state index contributed by atoms with van der Waals surface area (Å²) in [5, 5.41) is 9.62. The number of anilines is 2. The SMILES string of the molecule is C[C@@H]1CN(c2ccc(N)cn2)CC[C@H]1O. The molecule has 1 aromatic heterocycles. The number of nitrogens with two attached hydrogens (primary N) is 1. The topological polar surface area (TPSA) is 62.4 Å². The van der Waals surface area contributed by atoms with Crippen LogP contribution in [0, 0.1) is 5.92 Å². The van der Waals surface area contributed by atoms with Crippen molar-refractivity contribution in [1.82, 2.24) is 4.98 Å². The smallest absolute Gasteiger partial charge is 0.128 e. The summed E-state index contributed by atoms with van der Waals surface area (Å²) in [7, 11) is 0. The van der Waals surface area contributed by atoms with Crippen LogP contribution >= 0.6 is 0 Å². The molecule has 0 radical (unpaired) electrons. The molecule has 0 spiro atoms. The van der Waals surface area contributed by atoms with E-state index in [-0.39, 0.29) is 6.10 Å². The van der Waals surface area contributed by atoms with Crippen LogP contribution in [-0.2, 0) is 0 Å². The average Bonchev–Trinajstić information content (AvgIpc) is 2.23. The van der Waals surface area contributed by atoms with E-state index >= 15 is 0 Å². The maximum absolute atomic E-state index is 9.62. The van der Waals surface area contributed by atoms with E-state index in [1.54, 1.807) is 6.20 Å². The van der Waals surface area contributed by atoms with Crippen LogP contribution < -0.4 is 10.6 Å². The third-order valence-corrected chi connectivity index (χ3v) is 2.95. The second kappa shape index (κ2) is 4.06. The summed E-state index contributed by atoms with van der Waals surface area (Å²) in [5.41, 5.74) is 6.27. The normalized spacial score (nSPS) is 26.7. The monoisotopic (exact) mass is 207 g/mol. The predicted octanol–water partition coefficient (Wildman–Crippen LogP) is 0.871. The molecule has 3 N–H and O–H groups in total. The minimum absolute atomic E-state index is 0.171. The predicted molar refractivity (Wildman–Crippen MR) is 60.7 cm³/mol. The Morgan fingerprint density at radius 2 is 2.33 bits per heavy atom. The number of aromatic nitrogens is 1. The fraction of sp³-hybridized carbons (Fsp3) is 0.545. The molecule has 15 heavy (non-hydrogen) atoms. The van der Waals surface area contributed by atoms with Gasteiger partial charge in [0.2, 0.25) is 0 Å². The largest absolute Gasteiger partial charge is 0.397 e. The van der Waals surface area contributed by atoms with Crippen molar-refractivity contribution < 1.29 is 5.11 Å². The Morgan fingerprint density at radius 3 is 2.93 bits per heavy atom. The van der Waals surface area contributed by atoms with E-state index in [1.807, 2.05) is 12.1 Å². The average molecular weight is 207 g/mol. The van der Waals surface area contributed by atoms with Crippen LogP contribution in [-0.4, -0.2) is 29.3 Å². The van der Waals surface area contributed by atoms with Gasteiger partial charge in [0.25, 0.3) is 0 Å². The van der Waals surface area contributed by atoms with Crippen molar-refractivity contribution in [2.45, 2.75) is 19.4 Å². The summed E-state index contributed by atoms with van der Waals surface area (Å²) in [4.78, 5) is 6.47. The summed E-state index contributed by atoms with van der Waals surface area (Å²) in [5.74, 6) is 1.25. The van der Waals surface area contributed by atoms with Crippen molar-refractivity contribution in [3.8, 4) is 0 Å². The Morgan fingerprint density at radius 1 is 1.53 bits per heavy atom. The molecule has 1 aromatic rings. The van der Waals surface area contributed by atoms with Crippen molar-refractivity contribution in [2.24, 2.45) is 5.92 Å². The molecule has 0 amide bonds. The van der Waals surface area contributed by atoms with Gasteiger partial charge in [-0.05, 0) is 24.5 Å². The van der Waals surface area contributed by atoms with Crippen molar-refractivity contribution in [1.29, 1.82) is 0 Å². The highest BCUT2D eigenvalue weighted by atomic mass is 16.3. The number of aliphatic hydroxyl groups excluding tert-OH is 1. The van der Waals surface area contributed by atoms with Gasteiger partial charge in [0.15, 0.2) is 0 Å². The fourth-order valence-corrected chi connectivity index (χ4v) is 1.93. The standard InChI is InChI=1S/C11H17N3O/c1-8-7-14(5-4-10(8)15)11-3-2-9(12)6-13-11/h2-3,6,8,10,15H,4-5,7,12H2,1H3/t8-,10-/m1/s1. The van der Waals surface area contributed by atoms with Gasteiger partial charge >= 0.3 is 0 Å². The van der Waals surface area contributed by atoms with E-state index in [4.69, 9.17) is 5.73 Å². The van der Waals surface area contributed by atoms with Crippen LogP contribution in [0.15, 0.2) is 18.3 Å². The van der Waals surface area contributed by atoms with Gasteiger partial charge in [-0.3, -0.25) is 0 Å². The number of rotatable bonds is 1. The number of nitrogens with zero attached hydrogens (tertiary/aromatic N) is 2. The highest BCUT2D eigenvalue weighted by Crippen LogP contribution is 2.21. The molecular formula is C11H17N3O. The van der Waals surface area contributed by atoms with Gasteiger partial charge in [0.1, 0.15) is 5.82 Å². The lowest BCUT2D eigenvalue weighted by atomic mass is 9.97. The molecule has 1 fully saturated rings. The Hall–Kier alpha value is -1.29. The molecule has 2 atom stereocenters. The van der Waals surface area contributed by atoms with E-state index in [0.29, 0.717) is 11.6 Å². The second-order valence-corrected chi connectivity index (χ2v) is 4.23. The van der Waals surface area contributed by atoms with E-state index in [1.165, 1.54) is 0 Å². The van der Waals surface area contributed by atoms with Crippen molar-refractivity contribution in [3.63, 3.8) is 0 Å². The first-order valence-corrected chi connectivity index (χ1v) is 5.31. The quantitative estimate of drug-likeness (QED) is 0.717. The lowest BCUT2D eigenvalue weighted by Gasteiger charge is -2.35. The van der Waals surface area contributed by atoms with Crippen LogP contribution in [0.1, 0.15) is 13.3 Å². The first-order valence-electron chi connectivity index (χ1n) is 5.31. The molecule has 0 bridgehead atoms. The molecule has 0 unspecified atom stereocenters. The molecule has 82 valence electrons. The number of hydrogen-bond donors (Lipinski definition) is 2. The second-order valence-electron chi connectivity index (χ2n) is 4.23. The van der Waals surface area contributed by atoms with Crippen molar-refractivity contribution in [3.05, 3.63) is 18.3 Å². The van der Waals surface area contributed by atoms with E-state index in [2.05, 4.69) is 16.8 Å². The van der Waals surface area contributed by atoms with Crippen LogP contribution in [0.4, 0.5) is 11.5 Å². The Labute approximate surface area is 89.7 Å². The molecule has 0 saturated carbocycles. The first kappa shape index (κ1) is 10.2. The first-order chi connectivity index (χ1) is 7.16. The van der Waals surface area contributed by atoms with Gasteiger partial charge in [-0.2, -0.15) is 0 Å². The van der Waals surface area contributed by atoms with Crippen LogP contribution in [0.5, 0.6) is 0 Å².